The second kappa shape index (κ2) is 10.1. The van der Waals surface area contributed by atoms with Gasteiger partial charge in [0.1, 0.15) is 0 Å². The summed E-state index contributed by atoms with van der Waals surface area (Å²) in [7, 11) is 0. The molecule has 0 spiro atoms. The molecule has 1 aromatic carbocycles. The SMILES string of the molecule is C[C@H]1C[C@H](C)CN(C(=O)CN2CCN(CC(=O)Nc3cccc(Cl)c3Cl)CC2)C1. The topological polar surface area (TPSA) is 55.9 Å². The van der Waals surface area contributed by atoms with Gasteiger partial charge in [0, 0.05) is 39.3 Å². The number of nitrogens with one attached hydrogen (secondary N) is 1. The van der Waals surface area contributed by atoms with Crippen molar-refractivity contribution in [2.75, 3.05) is 57.7 Å². The van der Waals surface area contributed by atoms with Crippen LogP contribution in [0.2, 0.25) is 10.0 Å². The van der Waals surface area contributed by atoms with Gasteiger partial charge in [-0.05, 0) is 30.4 Å². The minimum Gasteiger partial charge on any atom is -0.341 e. The molecule has 0 saturated carbocycles. The molecule has 1 N–H and O–H groups in total. The van der Waals surface area contributed by atoms with Crippen molar-refractivity contribution >= 4 is 40.7 Å². The lowest BCUT2D eigenvalue weighted by Gasteiger charge is -2.38. The Hall–Kier alpha value is -1.34. The molecule has 0 bridgehead atoms. The van der Waals surface area contributed by atoms with Crippen LogP contribution in [0.3, 0.4) is 0 Å². The molecular weight excluding hydrogens is 411 g/mol. The fraction of sp³-hybridized carbons (Fsp3) is 0.619. The Kier molecular flexibility index (Phi) is 7.79. The number of piperazine rings is 1. The minimum atomic E-state index is -0.116. The van der Waals surface area contributed by atoms with Crippen LogP contribution in [-0.2, 0) is 9.59 Å². The maximum atomic E-state index is 12.7. The summed E-state index contributed by atoms with van der Waals surface area (Å²) < 4.78 is 0. The van der Waals surface area contributed by atoms with E-state index >= 15 is 0 Å². The number of anilines is 1. The molecule has 2 saturated heterocycles. The van der Waals surface area contributed by atoms with E-state index in [1.54, 1.807) is 18.2 Å². The zero-order chi connectivity index (χ0) is 21.0. The maximum Gasteiger partial charge on any atom is 0.238 e. The van der Waals surface area contributed by atoms with E-state index < -0.39 is 0 Å². The normalized spacial score (nSPS) is 23.8. The average molecular weight is 441 g/mol. The number of nitrogens with zero attached hydrogens (tertiary/aromatic N) is 3. The number of benzene rings is 1. The summed E-state index contributed by atoms with van der Waals surface area (Å²) in [5.74, 6) is 1.26. The molecule has 2 aliphatic heterocycles. The summed E-state index contributed by atoms with van der Waals surface area (Å²) in [5.41, 5.74) is 0.526. The van der Waals surface area contributed by atoms with Crippen molar-refractivity contribution in [2.45, 2.75) is 20.3 Å². The Morgan fingerprint density at radius 2 is 1.59 bits per heavy atom. The van der Waals surface area contributed by atoms with Crippen LogP contribution in [0.25, 0.3) is 0 Å². The standard InChI is InChI=1S/C21H30Cl2N4O2/c1-15-10-16(2)12-27(11-15)20(29)14-26-8-6-25(7-9-26)13-19(28)24-18-5-3-4-17(22)21(18)23/h3-5,15-16H,6-14H2,1-2H3,(H,24,28)/t15-,16-/m0/s1. The van der Waals surface area contributed by atoms with Crippen molar-refractivity contribution in [3.05, 3.63) is 28.2 Å². The zero-order valence-corrected chi connectivity index (χ0v) is 18.7. The molecule has 0 unspecified atom stereocenters. The first kappa shape index (κ1) is 22.3. The predicted molar refractivity (Wildman–Crippen MR) is 117 cm³/mol. The van der Waals surface area contributed by atoms with Crippen molar-refractivity contribution in [1.82, 2.24) is 14.7 Å². The van der Waals surface area contributed by atoms with Gasteiger partial charge in [-0.3, -0.25) is 19.4 Å². The van der Waals surface area contributed by atoms with Gasteiger partial charge in [0.25, 0.3) is 0 Å². The highest BCUT2D eigenvalue weighted by Crippen LogP contribution is 2.29. The number of carbonyl (C=O) groups is 2. The smallest absolute Gasteiger partial charge is 0.238 e. The Balaban J connectivity index is 1.41. The number of halogens is 2. The fourth-order valence-electron chi connectivity index (χ4n) is 4.26. The highest BCUT2D eigenvalue weighted by Gasteiger charge is 2.27. The number of piperidine rings is 1. The third-order valence-corrected chi connectivity index (χ3v) is 6.46. The van der Waals surface area contributed by atoms with E-state index in [-0.39, 0.29) is 11.8 Å². The average Bonchev–Trinajstić information content (AvgIpc) is 2.66. The molecule has 6 nitrogen and oxygen atoms in total. The largest absolute Gasteiger partial charge is 0.341 e. The summed E-state index contributed by atoms with van der Waals surface area (Å²) in [4.78, 5) is 31.3. The Morgan fingerprint density at radius 3 is 2.21 bits per heavy atom. The van der Waals surface area contributed by atoms with E-state index in [1.807, 2.05) is 4.90 Å². The van der Waals surface area contributed by atoms with Crippen molar-refractivity contribution in [1.29, 1.82) is 0 Å². The molecule has 2 amide bonds. The van der Waals surface area contributed by atoms with Crippen LogP contribution in [0.5, 0.6) is 0 Å². The lowest BCUT2D eigenvalue weighted by Crippen LogP contribution is -2.52. The molecule has 1 aromatic rings. The van der Waals surface area contributed by atoms with Crippen LogP contribution in [0.15, 0.2) is 18.2 Å². The summed E-state index contributed by atoms with van der Waals surface area (Å²) >= 11 is 12.1. The van der Waals surface area contributed by atoms with E-state index in [1.165, 1.54) is 6.42 Å². The number of hydrogen-bond acceptors (Lipinski definition) is 4. The first-order chi connectivity index (χ1) is 13.8. The Bertz CT molecular complexity index is 727. The molecule has 8 heteroatoms. The molecule has 0 aromatic heterocycles. The first-order valence-electron chi connectivity index (χ1n) is 10.3. The Morgan fingerprint density at radius 1 is 1.00 bits per heavy atom. The predicted octanol–water partition coefficient (Wildman–Crippen LogP) is 3.05. The Labute approximate surface area is 183 Å². The van der Waals surface area contributed by atoms with Crippen molar-refractivity contribution < 1.29 is 9.59 Å². The van der Waals surface area contributed by atoms with Crippen LogP contribution in [-0.4, -0.2) is 78.9 Å². The van der Waals surface area contributed by atoms with Gasteiger partial charge in [0.15, 0.2) is 0 Å². The van der Waals surface area contributed by atoms with E-state index in [0.29, 0.717) is 40.7 Å². The second-order valence-corrected chi connectivity index (χ2v) is 9.23. The van der Waals surface area contributed by atoms with Crippen molar-refractivity contribution in [3.63, 3.8) is 0 Å². The number of amides is 2. The van der Waals surface area contributed by atoms with Crippen LogP contribution in [0, 0.1) is 11.8 Å². The van der Waals surface area contributed by atoms with E-state index in [2.05, 4.69) is 29.0 Å². The number of likely N-dealkylation sites (tertiary alicyclic amines) is 1. The summed E-state index contributed by atoms with van der Waals surface area (Å²) in [5, 5.41) is 3.59. The molecular formula is C21H30Cl2N4O2. The molecule has 29 heavy (non-hydrogen) atoms. The number of carbonyl (C=O) groups excluding carboxylic acids is 2. The van der Waals surface area contributed by atoms with Gasteiger partial charge >= 0.3 is 0 Å². The molecule has 2 heterocycles. The lowest BCUT2D eigenvalue weighted by atomic mass is 9.92. The number of rotatable bonds is 5. The highest BCUT2D eigenvalue weighted by atomic mass is 35.5. The molecule has 3 rings (SSSR count). The third kappa shape index (κ3) is 6.32. The van der Waals surface area contributed by atoms with Gasteiger partial charge in [-0.1, -0.05) is 43.1 Å². The number of hydrogen-bond donors (Lipinski definition) is 1. The molecule has 0 aliphatic carbocycles. The van der Waals surface area contributed by atoms with Gasteiger partial charge in [0.05, 0.1) is 28.8 Å². The van der Waals surface area contributed by atoms with E-state index in [0.717, 1.165) is 39.3 Å². The van der Waals surface area contributed by atoms with Gasteiger partial charge in [0.2, 0.25) is 11.8 Å². The monoisotopic (exact) mass is 440 g/mol. The minimum absolute atomic E-state index is 0.116. The zero-order valence-electron chi connectivity index (χ0n) is 17.2. The fourth-order valence-corrected chi connectivity index (χ4v) is 4.60. The first-order valence-corrected chi connectivity index (χ1v) is 11.0. The summed E-state index contributed by atoms with van der Waals surface area (Å²) in [6, 6.07) is 5.17. The maximum absolute atomic E-state index is 12.7. The lowest BCUT2D eigenvalue weighted by molar-refractivity contribution is -0.135. The van der Waals surface area contributed by atoms with Gasteiger partial charge in [-0.25, -0.2) is 0 Å². The molecule has 2 aliphatic rings. The highest BCUT2D eigenvalue weighted by molar-refractivity contribution is 6.44. The summed E-state index contributed by atoms with van der Waals surface area (Å²) in [6.07, 6.45) is 1.20. The third-order valence-electron chi connectivity index (χ3n) is 5.64. The summed E-state index contributed by atoms with van der Waals surface area (Å²) in [6.45, 7) is 10.0. The molecule has 2 fully saturated rings. The van der Waals surface area contributed by atoms with E-state index in [9.17, 15) is 9.59 Å². The molecule has 0 radical (unpaired) electrons. The molecule has 2 atom stereocenters. The van der Waals surface area contributed by atoms with Crippen LogP contribution >= 0.6 is 23.2 Å². The van der Waals surface area contributed by atoms with Gasteiger partial charge < -0.3 is 10.2 Å². The quantitative estimate of drug-likeness (QED) is 0.763. The van der Waals surface area contributed by atoms with Crippen LogP contribution in [0.1, 0.15) is 20.3 Å². The van der Waals surface area contributed by atoms with E-state index in [4.69, 9.17) is 23.2 Å². The van der Waals surface area contributed by atoms with Crippen molar-refractivity contribution in [3.8, 4) is 0 Å². The van der Waals surface area contributed by atoms with Gasteiger partial charge in [-0.15, -0.1) is 0 Å². The van der Waals surface area contributed by atoms with Crippen molar-refractivity contribution in [2.24, 2.45) is 11.8 Å². The van der Waals surface area contributed by atoms with Crippen LogP contribution in [0.4, 0.5) is 5.69 Å². The van der Waals surface area contributed by atoms with Gasteiger partial charge in [-0.2, -0.15) is 0 Å². The second-order valence-electron chi connectivity index (χ2n) is 8.45. The molecule has 160 valence electrons. The van der Waals surface area contributed by atoms with Crippen LogP contribution < -0.4 is 5.32 Å².